The van der Waals surface area contributed by atoms with E-state index in [9.17, 15) is 18.0 Å². The molecule has 3 aromatic rings. The van der Waals surface area contributed by atoms with Gasteiger partial charge in [-0.05, 0) is 47.0 Å². The van der Waals surface area contributed by atoms with Gasteiger partial charge in [0.2, 0.25) is 15.9 Å². The Bertz CT molecular complexity index is 1380. The summed E-state index contributed by atoms with van der Waals surface area (Å²) in [6.07, 6.45) is 5.08. The first-order valence-corrected chi connectivity index (χ1v) is 13.8. The Morgan fingerprint density at radius 1 is 1.03 bits per heavy atom. The predicted octanol–water partition coefficient (Wildman–Crippen LogP) is 2.18. The fraction of sp³-hybridized carbons (Fsp3) is 0.296. The monoisotopic (exact) mass is 522 g/mol. The molecule has 1 aliphatic rings. The fourth-order valence-corrected chi connectivity index (χ4v) is 4.52. The average Bonchev–Trinajstić information content (AvgIpc) is 2.89. The number of aromatic nitrogens is 1. The molecule has 1 aliphatic heterocycles. The Balaban J connectivity index is 1.66. The molecular formula is C27H30N4O5S. The molecule has 0 saturated heterocycles. The van der Waals surface area contributed by atoms with Gasteiger partial charge in [0.05, 0.1) is 19.3 Å². The van der Waals surface area contributed by atoms with E-state index in [-0.39, 0.29) is 32.1 Å². The van der Waals surface area contributed by atoms with Crippen molar-refractivity contribution >= 4 is 21.8 Å². The Morgan fingerprint density at radius 2 is 1.84 bits per heavy atom. The SMILES string of the molecule is CN1CCN(C(=O)CNS(C)(=O)=O)CCOc2ccc(-c3cccnc3)cc2Cc2cccc(c2)C1=O. The van der Waals surface area contributed by atoms with E-state index >= 15 is 0 Å². The number of benzene rings is 2. The summed E-state index contributed by atoms with van der Waals surface area (Å²) < 4.78 is 31.3. The summed E-state index contributed by atoms with van der Waals surface area (Å²) in [5.41, 5.74) is 4.44. The molecule has 0 unspecified atom stereocenters. The normalized spacial score (nSPS) is 14.9. The van der Waals surface area contributed by atoms with Crippen molar-refractivity contribution < 1.29 is 22.7 Å². The molecule has 9 nitrogen and oxygen atoms in total. The number of likely N-dealkylation sites (N-methyl/N-ethyl adjacent to an activating group) is 1. The maximum atomic E-state index is 13.1. The van der Waals surface area contributed by atoms with Crippen LogP contribution in [0.3, 0.4) is 0 Å². The number of sulfonamides is 1. The first-order chi connectivity index (χ1) is 17.7. The third kappa shape index (κ3) is 7.14. The van der Waals surface area contributed by atoms with Crippen LogP contribution in [0.4, 0.5) is 0 Å². The van der Waals surface area contributed by atoms with Gasteiger partial charge in [-0.1, -0.05) is 24.3 Å². The highest BCUT2D eigenvalue weighted by molar-refractivity contribution is 7.88. The highest BCUT2D eigenvalue weighted by Gasteiger charge is 2.20. The number of ether oxygens (including phenoxy) is 1. The highest BCUT2D eigenvalue weighted by Crippen LogP contribution is 2.29. The fourth-order valence-electron chi connectivity index (χ4n) is 4.13. The van der Waals surface area contributed by atoms with Crippen LogP contribution in [0.15, 0.2) is 67.0 Å². The molecule has 1 N–H and O–H groups in total. The maximum Gasteiger partial charge on any atom is 0.253 e. The molecule has 0 atom stereocenters. The zero-order chi connectivity index (χ0) is 26.4. The second kappa shape index (κ2) is 11.5. The molecule has 0 fully saturated rings. The van der Waals surface area contributed by atoms with E-state index in [0.717, 1.165) is 28.5 Å². The summed E-state index contributed by atoms with van der Waals surface area (Å²) in [4.78, 5) is 33.2. The van der Waals surface area contributed by atoms with E-state index in [1.807, 2.05) is 42.5 Å². The van der Waals surface area contributed by atoms with Gasteiger partial charge in [0.1, 0.15) is 12.4 Å². The van der Waals surface area contributed by atoms with E-state index in [0.29, 0.717) is 24.3 Å². The molecule has 2 amide bonds. The van der Waals surface area contributed by atoms with Crippen LogP contribution < -0.4 is 9.46 Å². The lowest BCUT2D eigenvalue weighted by molar-refractivity contribution is -0.130. The summed E-state index contributed by atoms with van der Waals surface area (Å²) in [7, 11) is -1.84. The number of pyridine rings is 1. The van der Waals surface area contributed by atoms with Crippen LogP contribution in [-0.4, -0.2) is 81.1 Å². The minimum absolute atomic E-state index is 0.152. The van der Waals surface area contributed by atoms with Crippen LogP contribution in [-0.2, 0) is 21.2 Å². The van der Waals surface area contributed by atoms with Gasteiger partial charge < -0.3 is 14.5 Å². The van der Waals surface area contributed by atoms with Gasteiger partial charge in [-0.2, -0.15) is 0 Å². The quantitative estimate of drug-likeness (QED) is 0.563. The van der Waals surface area contributed by atoms with Gasteiger partial charge >= 0.3 is 0 Å². The number of hydrogen-bond donors (Lipinski definition) is 1. The Morgan fingerprint density at radius 3 is 2.59 bits per heavy atom. The molecule has 2 aromatic carbocycles. The van der Waals surface area contributed by atoms with Crippen molar-refractivity contribution in [3.8, 4) is 16.9 Å². The number of hydrogen-bond acceptors (Lipinski definition) is 6. The van der Waals surface area contributed by atoms with Gasteiger partial charge in [-0.15, -0.1) is 0 Å². The zero-order valence-corrected chi connectivity index (χ0v) is 21.7. The Hall–Kier alpha value is -3.76. The largest absolute Gasteiger partial charge is 0.491 e. The molecule has 0 aliphatic carbocycles. The van der Waals surface area contributed by atoms with Crippen LogP contribution in [0.2, 0.25) is 0 Å². The minimum Gasteiger partial charge on any atom is -0.491 e. The van der Waals surface area contributed by atoms with Crippen molar-refractivity contribution in [2.75, 3.05) is 46.1 Å². The van der Waals surface area contributed by atoms with Crippen molar-refractivity contribution in [3.63, 3.8) is 0 Å². The van der Waals surface area contributed by atoms with Crippen LogP contribution in [0.25, 0.3) is 11.1 Å². The van der Waals surface area contributed by atoms with Crippen molar-refractivity contribution in [2.24, 2.45) is 0 Å². The highest BCUT2D eigenvalue weighted by atomic mass is 32.2. The summed E-state index contributed by atoms with van der Waals surface area (Å²) in [5.74, 6) is 0.137. The number of nitrogens with zero attached hydrogens (tertiary/aromatic N) is 3. The summed E-state index contributed by atoms with van der Waals surface area (Å²) >= 11 is 0. The summed E-state index contributed by atoms with van der Waals surface area (Å²) in [5, 5.41) is 0. The Labute approximate surface area is 217 Å². The first-order valence-electron chi connectivity index (χ1n) is 11.9. The van der Waals surface area contributed by atoms with E-state index in [1.54, 1.807) is 30.4 Å². The number of rotatable bonds is 4. The molecule has 37 heavy (non-hydrogen) atoms. The van der Waals surface area contributed by atoms with Gasteiger partial charge in [-0.3, -0.25) is 14.6 Å². The lowest BCUT2D eigenvalue weighted by Gasteiger charge is -2.27. The number of carbonyl (C=O) groups is 2. The smallest absolute Gasteiger partial charge is 0.253 e. The molecular weight excluding hydrogens is 492 g/mol. The van der Waals surface area contributed by atoms with Gasteiger partial charge in [0, 0.05) is 50.1 Å². The molecule has 2 bridgehead atoms. The van der Waals surface area contributed by atoms with Crippen LogP contribution in [0, 0.1) is 0 Å². The second-order valence-corrected chi connectivity index (χ2v) is 10.8. The van der Waals surface area contributed by atoms with E-state index in [4.69, 9.17) is 4.74 Å². The molecule has 10 heteroatoms. The van der Waals surface area contributed by atoms with E-state index in [2.05, 4.69) is 15.8 Å². The molecule has 194 valence electrons. The molecule has 0 spiro atoms. The molecule has 1 aromatic heterocycles. The van der Waals surface area contributed by atoms with E-state index in [1.165, 1.54) is 4.90 Å². The third-order valence-electron chi connectivity index (χ3n) is 6.13. The Kier molecular flexibility index (Phi) is 8.20. The molecule has 0 saturated carbocycles. The molecule has 2 heterocycles. The van der Waals surface area contributed by atoms with Gasteiger partial charge in [-0.25, -0.2) is 13.1 Å². The van der Waals surface area contributed by atoms with Gasteiger partial charge in [0.15, 0.2) is 0 Å². The summed E-state index contributed by atoms with van der Waals surface area (Å²) in [6.45, 7) is 0.619. The van der Waals surface area contributed by atoms with Crippen molar-refractivity contribution in [3.05, 3.63) is 83.7 Å². The number of fused-ring (bicyclic) bond motifs is 3. The van der Waals surface area contributed by atoms with Crippen LogP contribution in [0.5, 0.6) is 5.75 Å². The average molecular weight is 523 g/mol. The van der Waals surface area contributed by atoms with Crippen LogP contribution >= 0.6 is 0 Å². The third-order valence-corrected chi connectivity index (χ3v) is 6.80. The van der Waals surface area contributed by atoms with Crippen molar-refractivity contribution in [2.45, 2.75) is 6.42 Å². The molecule has 0 radical (unpaired) electrons. The standard InChI is InChI=1S/C27H30N4O5S/c1-30-11-12-31(26(32)19-29-37(2,34)35)13-14-36-25-9-8-21(23-7-4-10-28-18-23)17-24(25)16-20-5-3-6-22(15-20)27(30)33/h3-10,15,17-18,29H,11-14,16,19H2,1-2H3. The number of carbonyl (C=O) groups excluding carboxylic acids is 2. The van der Waals surface area contributed by atoms with E-state index < -0.39 is 15.9 Å². The lowest BCUT2D eigenvalue weighted by Crippen LogP contribution is -2.45. The zero-order valence-electron chi connectivity index (χ0n) is 20.9. The van der Waals surface area contributed by atoms with Crippen molar-refractivity contribution in [1.29, 1.82) is 0 Å². The van der Waals surface area contributed by atoms with Crippen molar-refractivity contribution in [1.82, 2.24) is 19.5 Å². The summed E-state index contributed by atoms with van der Waals surface area (Å²) in [6, 6.07) is 17.3. The maximum absolute atomic E-state index is 13.1. The second-order valence-electron chi connectivity index (χ2n) is 8.99. The molecule has 4 rings (SSSR count). The lowest BCUT2D eigenvalue weighted by atomic mass is 9.98. The number of nitrogens with one attached hydrogen (secondary N) is 1. The van der Waals surface area contributed by atoms with Gasteiger partial charge in [0.25, 0.3) is 5.91 Å². The minimum atomic E-state index is -3.52. The predicted molar refractivity (Wildman–Crippen MR) is 141 cm³/mol. The number of amides is 2. The van der Waals surface area contributed by atoms with Crippen LogP contribution in [0.1, 0.15) is 21.5 Å². The first kappa shape index (κ1) is 26.3. The topological polar surface area (TPSA) is 109 Å².